The summed E-state index contributed by atoms with van der Waals surface area (Å²) in [7, 11) is 0. The number of aromatic nitrogens is 1. The molecule has 0 fully saturated rings. The molecular formula is C44H40N4O6. The number of hydrogen-bond donors (Lipinski definition) is 5. The standard InChI is InChI=1S/C44H40N4O6/c49-41(47-40(43(51)52)25-30-26-45-37-22-12-11-17-31(30)37)38(23-28-13-3-1-4-14-28)46-42(50)39(24-29-15-5-2-6-16-29)48-44(53)54-27-36-34-20-9-7-18-32(34)33-19-8-10-21-35(33)36/h1-22,26,36,38-40,45H,23-25,27H2,(H,46,50)(H,47,49)(H,48,53)(H,51,52)/t38-,39-,40-/m0/s1. The van der Waals surface area contributed by atoms with Gasteiger partial charge in [0.1, 0.15) is 24.7 Å². The zero-order chi connectivity index (χ0) is 37.4. The Morgan fingerprint density at radius 2 is 1.09 bits per heavy atom. The number of ether oxygens (including phenoxy) is 1. The van der Waals surface area contributed by atoms with E-state index >= 15 is 0 Å². The van der Waals surface area contributed by atoms with Crippen LogP contribution in [0.25, 0.3) is 22.0 Å². The minimum atomic E-state index is -1.27. The van der Waals surface area contributed by atoms with Crippen LogP contribution in [0.3, 0.4) is 0 Å². The van der Waals surface area contributed by atoms with Gasteiger partial charge in [0.2, 0.25) is 11.8 Å². The number of hydrogen-bond acceptors (Lipinski definition) is 5. The van der Waals surface area contributed by atoms with Gasteiger partial charge in [-0.2, -0.15) is 0 Å². The maximum Gasteiger partial charge on any atom is 0.407 e. The highest BCUT2D eigenvalue weighted by Crippen LogP contribution is 2.44. The van der Waals surface area contributed by atoms with Gasteiger partial charge in [0.25, 0.3) is 0 Å². The highest BCUT2D eigenvalue weighted by atomic mass is 16.5. The second-order valence-electron chi connectivity index (χ2n) is 13.4. The smallest absolute Gasteiger partial charge is 0.407 e. The van der Waals surface area contributed by atoms with Gasteiger partial charge in [0, 0.05) is 42.3 Å². The number of carboxylic acids is 1. The number of aliphatic carboxylic acids is 1. The molecule has 0 bridgehead atoms. The zero-order valence-electron chi connectivity index (χ0n) is 29.4. The van der Waals surface area contributed by atoms with Crippen molar-refractivity contribution in [2.75, 3.05) is 6.61 Å². The summed E-state index contributed by atoms with van der Waals surface area (Å²) in [6, 6.07) is 38.4. The van der Waals surface area contributed by atoms with Crippen LogP contribution in [0.1, 0.15) is 33.7 Å². The number of amides is 3. The Labute approximate surface area is 312 Å². The first kappa shape index (κ1) is 35.7. The SMILES string of the molecule is O=C(N[C@@H](Cc1ccccc1)C(=O)N[C@@H](Cc1ccccc1)C(=O)N[C@@H](Cc1c[nH]c2ccccc12)C(=O)O)OCC1c2ccccc2-c2ccccc21. The number of fused-ring (bicyclic) bond motifs is 4. The van der Waals surface area contributed by atoms with Gasteiger partial charge in [-0.05, 0) is 45.0 Å². The van der Waals surface area contributed by atoms with Crippen molar-refractivity contribution in [2.24, 2.45) is 0 Å². The van der Waals surface area contributed by atoms with Crippen LogP contribution in [0.4, 0.5) is 4.79 Å². The summed E-state index contributed by atoms with van der Waals surface area (Å²) in [4.78, 5) is 57.1. The molecule has 5 aromatic carbocycles. The van der Waals surface area contributed by atoms with E-state index in [2.05, 4.69) is 33.1 Å². The van der Waals surface area contributed by atoms with Gasteiger partial charge in [0.05, 0.1) is 0 Å². The third kappa shape index (κ3) is 8.18. The average Bonchev–Trinajstić information content (AvgIpc) is 3.75. The van der Waals surface area contributed by atoms with Gasteiger partial charge in [0.15, 0.2) is 0 Å². The summed E-state index contributed by atoms with van der Waals surface area (Å²) in [6.07, 6.45) is 1.19. The van der Waals surface area contributed by atoms with Crippen LogP contribution in [-0.4, -0.2) is 58.7 Å². The van der Waals surface area contributed by atoms with Gasteiger partial charge in [-0.25, -0.2) is 9.59 Å². The zero-order valence-corrected chi connectivity index (χ0v) is 29.4. The quantitative estimate of drug-likeness (QED) is 0.0911. The first-order chi connectivity index (χ1) is 26.3. The van der Waals surface area contributed by atoms with E-state index in [4.69, 9.17) is 4.74 Å². The molecule has 1 aromatic heterocycles. The first-order valence-electron chi connectivity index (χ1n) is 17.9. The van der Waals surface area contributed by atoms with E-state index in [0.717, 1.165) is 49.8 Å². The predicted octanol–water partition coefficient (Wildman–Crippen LogP) is 6.16. The number of H-pyrrole nitrogens is 1. The Morgan fingerprint density at radius 1 is 0.593 bits per heavy atom. The van der Waals surface area contributed by atoms with E-state index in [9.17, 15) is 24.3 Å². The lowest BCUT2D eigenvalue weighted by molar-refractivity contribution is -0.142. The first-order valence-corrected chi connectivity index (χ1v) is 17.9. The van der Waals surface area contributed by atoms with E-state index in [-0.39, 0.29) is 31.8 Å². The molecule has 0 unspecified atom stereocenters. The number of nitrogens with one attached hydrogen (secondary N) is 4. The summed E-state index contributed by atoms with van der Waals surface area (Å²) in [5.41, 5.74) is 7.43. The minimum Gasteiger partial charge on any atom is -0.480 e. The molecule has 3 amide bonds. The van der Waals surface area contributed by atoms with Crippen LogP contribution >= 0.6 is 0 Å². The molecule has 1 aliphatic carbocycles. The molecule has 5 N–H and O–H groups in total. The van der Waals surface area contributed by atoms with Gasteiger partial charge in [-0.1, -0.05) is 127 Å². The Bertz CT molecular complexity index is 2230. The summed E-state index contributed by atoms with van der Waals surface area (Å²) >= 11 is 0. The molecule has 0 aliphatic heterocycles. The molecule has 0 saturated carbocycles. The average molecular weight is 721 g/mol. The fourth-order valence-corrected chi connectivity index (χ4v) is 7.17. The van der Waals surface area contributed by atoms with Crippen LogP contribution < -0.4 is 16.0 Å². The normalized spacial score (nSPS) is 13.6. The lowest BCUT2D eigenvalue weighted by atomic mass is 9.98. The Hall–Kier alpha value is -6.68. The van der Waals surface area contributed by atoms with Crippen molar-refractivity contribution in [3.05, 3.63) is 167 Å². The van der Waals surface area contributed by atoms with Crippen LogP contribution in [0.5, 0.6) is 0 Å². The Kier molecular flexibility index (Phi) is 10.8. The predicted molar refractivity (Wildman–Crippen MR) is 206 cm³/mol. The van der Waals surface area contributed by atoms with Crippen molar-refractivity contribution in [3.63, 3.8) is 0 Å². The third-order valence-electron chi connectivity index (χ3n) is 9.86. The number of carboxylic acid groups (broad SMARTS) is 1. The molecule has 54 heavy (non-hydrogen) atoms. The van der Waals surface area contributed by atoms with E-state index in [1.54, 1.807) is 6.20 Å². The molecule has 0 spiro atoms. The number of para-hydroxylation sites is 1. The van der Waals surface area contributed by atoms with Crippen molar-refractivity contribution in [1.82, 2.24) is 20.9 Å². The summed E-state index contributed by atoms with van der Waals surface area (Å²) in [5.74, 6) is -2.67. The van der Waals surface area contributed by atoms with Crippen molar-refractivity contribution < 1.29 is 29.0 Å². The number of benzene rings is 5. The second-order valence-corrected chi connectivity index (χ2v) is 13.4. The van der Waals surface area contributed by atoms with Crippen LogP contribution in [-0.2, 0) is 38.4 Å². The summed E-state index contributed by atoms with van der Waals surface area (Å²) < 4.78 is 5.79. The summed E-state index contributed by atoms with van der Waals surface area (Å²) in [6.45, 7) is 0.0611. The molecule has 1 heterocycles. The molecule has 0 radical (unpaired) electrons. The maximum absolute atomic E-state index is 14.1. The van der Waals surface area contributed by atoms with Crippen molar-refractivity contribution in [2.45, 2.75) is 43.3 Å². The number of carbonyl (C=O) groups is 4. The Balaban J connectivity index is 1.08. The Morgan fingerprint density at radius 3 is 1.69 bits per heavy atom. The number of aromatic amines is 1. The van der Waals surface area contributed by atoms with Crippen molar-refractivity contribution >= 4 is 34.8 Å². The number of alkyl carbamates (subject to hydrolysis) is 1. The van der Waals surface area contributed by atoms with Crippen LogP contribution in [0.2, 0.25) is 0 Å². The van der Waals surface area contributed by atoms with Gasteiger partial charge >= 0.3 is 12.1 Å². The second kappa shape index (κ2) is 16.3. The topological polar surface area (TPSA) is 150 Å². The van der Waals surface area contributed by atoms with E-state index < -0.39 is 42.0 Å². The highest BCUT2D eigenvalue weighted by molar-refractivity contribution is 5.93. The minimum absolute atomic E-state index is 0.0249. The monoisotopic (exact) mass is 720 g/mol. The number of rotatable bonds is 14. The number of carbonyl (C=O) groups excluding carboxylic acids is 3. The van der Waals surface area contributed by atoms with Gasteiger partial charge < -0.3 is 30.8 Å². The highest BCUT2D eigenvalue weighted by Gasteiger charge is 2.32. The van der Waals surface area contributed by atoms with Crippen molar-refractivity contribution in [3.8, 4) is 11.1 Å². The van der Waals surface area contributed by atoms with E-state index in [1.807, 2.05) is 121 Å². The molecule has 1 aliphatic rings. The maximum atomic E-state index is 14.1. The summed E-state index contributed by atoms with van der Waals surface area (Å²) in [5, 5.41) is 19.3. The fraction of sp³-hybridized carbons (Fsp3) is 0.182. The van der Waals surface area contributed by atoms with Crippen molar-refractivity contribution in [1.29, 1.82) is 0 Å². The lowest BCUT2D eigenvalue weighted by Gasteiger charge is -2.25. The molecule has 10 nitrogen and oxygen atoms in total. The van der Waals surface area contributed by atoms with E-state index in [0.29, 0.717) is 0 Å². The third-order valence-corrected chi connectivity index (χ3v) is 9.86. The molecule has 10 heteroatoms. The molecule has 272 valence electrons. The molecule has 6 aromatic rings. The molecule has 3 atom stereocenters. The molecule has 7 rings (SSSR count). The fourth-order valence-electron chi connectivity index (χ4n) is 7.17. The largest absolute Gasteiger partial charge is 0.480 e. The molecule has 0 saturated heterocycles. The van der Waals surface area contributed by atoms with Gasteiger partial charge in [-0.3, -0.25) is 9.59 Å². The van der Waals surface area contributed by atoms with Crippen LogP contribution in [0, 0.1) is 0 Å². The lowest BCUT2D eigenvalue weighted by Crippen LogP contribution is -2.57. The van der Waals surface area contributed by atoms with Crippen LogP contribution in [0.15, 0.2) is 140 Å². The molecular weight excluding hydrogens is 681 g/mol. The van der Waals surface area contributed by atoms with Gasteiger partial charge in [-0.15, -0.1) is 0 Å². The van der Waals surface area contributed by atoms with E-state index in [1.165, 1.54) is 0 Å².